The van der Waals surface area contributed by atoms with Crippen molar-refractivity contribution in [1.29, 1.82) is 0 Å². The summed E-state index contributed by atoms with van der Waals surface area (Å²) in [6.45, 7) is 0. The van der Waals surface area contributed by atoms with E-state index in [0.717, 1.165) is 12.2 Å². The van der Waals surface area contributed by atoms with E-state index < -0.39 is 17.8 Å². The Morgan fingerprint density at radius 1 is 1.32 bits per heavy atom. The molecule has 1 atom stereocenters. The Morgan fingerprint density at radius 2 is 2.00 bits per heavy atom. The zero-order chi connectivity index (χ0) is 16.3. The van der Waals surface area contributed by atoms with Gasteiger partial charge in [-0.3, -0.25) is 4.79 Å². The molecule has 0 amide bonds. The van der Waals surface area contributed by atoms with Crippen LogP contribution in [0, 0.1) is 5.41 Å². The number of halogens is 3. The molecule has 1 N–H and O–H groups in total. The second-order valence-corrected chi connectivity index (χ2v) is 4.62. The van der Waals surface area contributed by atoms with Crippen molar-refractivity contribution < 1.29 is 23.4 Å². The summed E-state index contributed by atoms with van der Waals surface area (Å²) in [6, 6.07) is 6.92. The summed E-state index contributed by atoms with van der Waals surface area (Å²) in [5, 5.41) is 9.17. The normalized spacial score (nSPS) is 21.5. The maximum atomic E-state index is 13.2. The molecule has 0 aromatic heterocycles. The summed E-state index contributed by atoms with van der Waals surface area (Å²) in [5.74, 6) is 0.762. The predicted octanol–water partition coefficient (Wildman–Crippen LogP) is 4.26. The summed E-state index contributed by atoms with van der Waals surface area (Å²) >= 11 is 2.94. The maximum absolute atomic E-state index is 13.2. The van der Waals surface area contributed by atoms with Gasteiger partial charge in [0.25, 0.3) is 6.43 Å². The van der Waals surface area contributed by atoms with E-state index in [9.17, 15) is 18.7 Å². The third-order valence-corrected chi connectivity index (χ3v) is 3.45. The van der Waals surface area contributed by atoms with Crippen LogP contribution >= 0.6 is 15.9 Å². The molecule has 0 saturated carbocycles. The Hall–Kier alpha value is -1.95. The lowest BCUT2D eigenvalue weighted by Crippen LogP contribution is -2.36. The number of allylic oxidation sites excluding steroid dienone is 3. The van der Waals surface area contributed by atoms with Gasteiger partial charge >= 0.3 is 5.97 Å². The molecule has 0 spiro atoms. The van der Waals surface area contributed by atoms with E-state index in [-0.39, 0.29) is 0 Å². The Morgan fingerprint density at radius 3 is 2.64 bits per heavy atom. The van der Waals surface area contributed by atoms with Crippen molar-refractivity contribution in [3.05, 3.63) is 59.9 Å². The first-order valence-corrected chi connectivity index (χ1v) is 7.91. The van der Waals surface area contributed by atoms with Crippen molar-refractivity contribution in [2.75, 3.05) is 5.83 Å². The zero-order valence-electron chi connectivity index (χ0n) is 11.6. The highest BCUT2D eigenvalue weighted by atomic mass is 79.9. The van der Waals surface area contributed by atoms with E-state index in [1.807, 2.05) is 5.83 Å². The van der Waals surface area contributed by atoms with Gasteiger partial charge in [-0.2, -0.15) is 0 Å². The number of rotatable bonds is 2. The molecule has 1 aliphatic carbocycles. The Bertz CT molecular complexity index is 680. The molecule has 1 aromatic carbocycles. The lowest BCUT2D eigenvalue weighted by atomic mass is 9.78. The second kappa shape index (κ2) is 6.44. The summed E-state index contributed by atoms with van der Waals surface area (Å²) in [4.78, 5) is 11.3. The van der Waals surface area contributed by atoms with Crippen LogP contribution in [0.25, 0.3) is 5.57 Å². The van der Waals surface area contributed by atoms with E-state index in [1.165, 1.54) is 12.3 Å². The van der Waals surface area contributed by atoms with Gasteiger partial charge < -0.3 is 9.84 Å². The quantitative estimate of drug-likeness (QED) is 0.791. The van der Waals surface area contributed by atoms with Crippen molar-refractivity contribution in [3.8, 4) is 5.75 Å². The second-order valence-electron chi connectivity index (χ2n) is 4.62. The van der Waals surface area contributed by atoms with Crippen LogP contribution in [0.3, 0.4) is 0 Å². The molecule has 0 saturated heterocycles. The number of alkyl halides is 3. The number of hydrogen-bond donors (Lipinski definition) is 1. The van der Waals surface area contributed by atoms with E-state index in [2.05, 4.69) is 15.9 Å². The monoisotopic (exact) mass is 370 g/mol. The number of carbonyl (C=O) groups is 1. The minimum absolute atomic E-state index is 0.456. The molecular weight excluding hydrogens is 358 g/mol. The van der Waals surface area contributed by atoms with E-state index in [1.54, 1.807) is 24.3 Å². The maximum Gasteiger partial charge on any atom is 0.323 e. The molecule has 22 heavy (non-hydrogen) atoms. The minimum Gasteiger partial charge on any atom is -0.480 e. The summed E-state index contributed by atoms with van der Waals surface area (Å²) < 4.78 is 31.9. The van der Waals surface area contributed by atoms with Crippen LogP contribution in [0.5, 0.6) is 5.75 Å². The van der Waals surface area contributed by atoms with Gasteiger partial charge in [0.05, 0.1) is 6.26 Å². The number of hydrogen-bond acceptors (Lipinski definition) is 2. The van der Waals surface area contributed by atoms with Gasteiger partial charge in [0.15, 0.2) is 5.41 Å². The number of carboxylic acids is 1. The molecule has 116 valence electrons. The van der Waals surface area contributed by atoms with Crippen LogP contribution in [-0.2, 0) is 4.79 Å². The lowest BCUT2D eigenvalue weighted by molar-refractivity contribution is -0.150. The SMILES string of the molecule is CBr.O=C(O)C1(C(F)F)C=CC2=COc3ccccc3C2=C1. The molecule has 1 unspecified atom stereocenters. The van der Waals surface area contributed by atoms with Crippen LogP contribution in [-0.4, -0.2) is 23.3 Å². The van der Waals surface area contributed by atoms with Gasteiger partial charge in [-0.25, -0.2) is 8.78 Å². The van der Waals surface area contributed by atoms with Crippen molar-refractivity contribution in [2.24, 2.45) is 5.41 Å². The highest BCUT2D eigenvalue weighted by Gasteiger charge is 2.46. The highest BCUT2D eigenvalue weighted by Crippen LogP contribution is 2.44. The van der Waals surface area contributed by atoms with Crippen LogP contribution in [0.1, 0.15) is 5.56 Å². The Kier molecular flexibility index (Phi) is 4.81. The van der Waals surface area contributed by atoms with E-state index in [4.69, 9.17) is 4.74 Å². The summed E-state index contributed by atoms with van der Waals surface area (Å²) in [7, 11) is 0. The fourth-order valence-corrected chi connectivity index (χ4v) is 2.30. The number of fused-ring (bicyclic) bond motifs is 3. The number of aliphatic carboxylic acids is 1. The molecular formula is C16H13BrF2O3. The third kappa shape index (κ3) is 2.59. The Balaban J connectivity index is 0.000000847. The van der Waals surface area contributed by atoms with Gasteiger partial charge in [0.2, 0.25) is 0 Å². The summed E-state index contributed by atoms with van der Waals surface area (Å²) in [6.07, 6.45) is 1.88. The van der Waals surface area contributed by atoms with Crippen LogP contribution in [0.4, 0.5) is 8.78 Å². The standard InChI is InChI=1S/C15H10F2O3.CH3Br/c16-13(17)15(14(18)19)6-5-9-8-20-12-4-2-1-3-10(12)11(9)7-15;1-2/h1-8,13H,(H,18,19);1H3. The molecule has 6 heteroatoms. The Labute approximate surface area is 134 Å². The average Bonchev–Trinajstić information content (AvgIpc) is 2.55. The zero-order valence-corrected chi connectivity index (χ0v) is 13.2. The van der Waals surface area contributed by atoms with Crippen LogP contribution < -0.4 is 4.74 Å². The van der Waals surface area contributed by atoms with Crippen molar-refractivity contribution in [2.45, 2.75) is 6.43 Å². The van der Waals surface area contributed by atoms with Gasteiger partial charge in [0, 0.05) is 11.1 Å². The first kappa shape index (κ1) is 16.4. The molecule has 0 bridgehead atoms. The molecule has 3 nitrogen and oxygen atoms in total. The van der Waals surface area contributed by atoms with Crippen LogP contribution in [0.15, 0.2) is 54.3 Å². The van der Waals surface area contributed by atoms with Gasteiger partial charge in [0.1, 0.15) is 5.75 Å². The fraction of sp³-hybridized carbons (Fsp3) is 0.188. The molecule has 0 fully saturated rings. The molecule has 2 aliphatic rings. The average molecular weight is 371 g/mol. The topological polar surface area (TPSA) is 46.5 Å². The van der Waals surface area contributed by atoms with Gasteiger partial charge in [-0.05, 0) is 23.5 Å². The van der Waals surface area contributed by atoms with Gasteiger partial charge in [-0.15, -0.1) is 0 Å². The first-order chi connectivity index (χ1) is 10.5. The summed E-state index contributed by atoms with van der Waals surface area (Å²) in [5.41, 5.74) is -0.643. The molecule has 1 aromatic rings. The highest BCUT2D eigenvalue weighted by molar-refractivity contribution is 9.08. The molecule has 0 radical (unpaired) electrons. The number of ether oxygens (including phenoxy) is 1. The molecule has 3 rings (SSSR count). The van der Waals surface area contributed by atoms with Gasteiger partial charge in [-0.1, -0.05) is 46.3 Å². The number of benzene rings is 1. The predicted molar refractivity (Wildman–Crippen MR) is 83.2 cm³/mol. The number of carboxylic acid groups (broad SMARTS) is 1. The minimum atomic E-state index is -3.03. The molecule has 1 heterocycles. The van der Waals surface area contributed by atoms with Crippen LogP contribution in [0.2, 0.25) is 0 Å². The largest absolute Gasteiger partial charge is 0.480 e. The third-order valence-electron chi connectivity index (χ3n) is 3.45. The number of para-hydroxylation sites is 1. The van der Waals surface area contributed by atoms with E-state index >= 15 is 0 Å². The van der Waals surface area contributed by atoms with E-state index in [0.29, 0.717) is 22.5 Å². The van der Waals surface area contributed by atoms with Crippen molar-refractivity contribution >= 4 is 27.5 Å². The lowest BCUT2D eigenvalue weighted by Gasteiger charge is -2.29. The first-order valence-electron chi connectivity index (χ1n) is 6.32. The molecule has 1 aliphatic heterocycles. The van der Waals surface area contributed by atoms with Crippen molar-refractivity contribution in [3.63, 3.8) is 0 Å². The fourth-order valence-electron chi connectivity index (χ4n) is 2.30. The smallest absolute Gasteiger partial charge is 0.323 e. The van der Waals surface area contributed by atoms with Crippen molar-refractivity contribution in [1.82, 2.24) is 0 Å².